The molecule has 0 saturated carbocycles. The molecule has 37 heavy (non-hydrogen) atoms. The number of benzene rings is 1. The summed E-state index contributed by atoms with van der Waals surface area (Å²) in [6, 6.07) is 8.63. The predicted molar refractivity (Wildman–Crippen MR) is 153 cm³/mol. The maximum absolute atomic E-state index is 14.0. The van der Waals surface area contributed by atoms with Crippen LogP contribution < -0.4 is 0 Å². The number of Topliss-reactive ketones (excluding diaryl/α,β-unsaturated/α-hetero) is 1. The third kappa shape index (κ3) is 8.31. The molecule has 2 rings (SSSR count). The van der Waals surface area contributed by atoms with Crippen LogP contribution in [-0.4, -0.2) is 21.8 Å². The number of carbonyl (C=O) groups excluding carboxylic acids is 2. The molecule has 0 bridgehead atoms. The van der Waals surface area contributed by atoms with Gasteiger partial charge in [-0.3, -0.25) is 9.59 Å². The molecular formula is C33H42O4. The predicted octanol–water partition coefficient (Wildman–Crippen LogP) is 8.70. The highest BCUT2D eigenvalue weighted by atomic mass is 16.3. The average molecular weight is 503 g/mol. The summed E-state index contributed by atoms with van der Waals surface area (Å²) in [5.74, 6) is -1.77. The molecule has 1 aromatic carbocycles. The van der Waals surface area contributed by atoms with Crippen molar-refractivity contribution in [2.75, 3.05) is 0 Å². The minimum Gasteiger partial charge on any atom is -0.507 e. The Morgan fingerprint density at radius 3 is 1.73 bits per heavy atom. The molecule has 2 N–H and O–H groups in total. The molecule has 1 aliphatic rings. The maximum Gasteiger partial charge on any atom is 0.184 e. The van der Waals surface area contributed by atoms with E-state index in [1.54, 1.807) is 30.3 Å². The molecule has 4 heteroatoms. The molecule has 0 heterocycles. The summed E-state index contributed by atoms with van der Waals surface area (Å²) in [7, 11) is 0. The van der Waals surface area contributed by atoms with Gasteiger partial charge >= 0.3 is 0 Å². The van der Waals surface area contributed by atoms with Gasteiger partial charge in [0.2, 0.25) is 0 Å². The van der Waals surface area contributed by atoms with Crippen molar-refractivity contribution < 1.29 is 19.8 Å². The van der Waals surface area contributed by atoms with Crippen LogP contribution in [-0.2, 0) is 9.59 Å². The highest BCUT2D eigenvalue weighted by molar-refractivity contribution is 6.24. The first-order valence-electron chi connectivity index (χ1n) is 13.0. The van der Waals surface area contributed by atoms with E-state index < -0.39 is 22.7 Å². The van der Waals surface area contributed by atoms with Crippen molar-refractivity contribution in [3.05, 3.63) is 99.9 Å². The summed E-state index contributed by atoms with van der Waals surface area (Å²) in [4.78, 5) is 27.4. The second-order valence-corrected chi connectivity index (χ2v) is 10.5. The van der Waals surface area contributed by atoms with E-state index in [0.29, 0.717) is 5.56 Å². The van der Waals surface area contributed by atoms with E-state index in [2.05, 4.69) is 39.8 Å². The van der Waals surface area contributed by atoms with Crippen LogP contribution in [0.3, 0.4) is 0 Å². The molecule has 0 amide bonds. The van der Waals surface area contributed by atoms with Gasteiger partial charge in [0.1, 0.15) is 22.5 Å². The summed E-state index contributed by atoms with van der Waals surface area (Å²) in [5, 5.41) is 21.6. The lowest BCUT2D eigenvalue weighted by Gasteiger charge is -2.32. The van der Waals surface area contributed by atoms with Crippen LogP contribution >= 0.6 is 0 Å². The Bertz CT molecular complexity index is 1120. The minimum atomic E-state index is -1.42. The molecule has 1 aliphatic carbocycles. The molecule has 0 spiro atoms. The Kier molecular flexibility index (Phi) is 11.1. The van der Waals surface area contributed by atoms with Gasteiger partial charge in [0.25, 0.3) is 0 Å². The second-order valence-electron chi connectivity index (χ2n) is 10.5. The van der Waals surface area contributed by atoms with Crippen molar-refractivity contribution >= 4 is 17.3 Å². The smallest absolute Gasteiger partial charge is 0.184 e. The van der Waals surface area contributed by atoms with Crippen molar-refractivity contribution in [3.8, 4) is 0 Å². The molecule has 0 fully saturated rings. The molecule has 1 aromatic rings. The van der Waals surface area contributed by atoms with Crippen molar-refractivity contribution in [1.29, 1.82) is 0 Å². The van der Waals surface area contributed by atoms with Gasteiger partial charge in [-0.25, -0.2) is 0 Å². The number of aliphatic hydroxyl groups excluding tert-OH is 2. The molecule has 0 aromatic heterocycles. The molecule has 4 nitrogen and oxygen atoms in total. The molecule has 0 saturated heterocycles. The fraction of sp³-hybridized carbons (Fsp3) is 0.394. The van der Waals surface area contributed by atoms with Gasteiger partial charge in [-0.2, -0.15) is 0 Å². The Balaban J connectivity index is 2.51. The van der Waals surface area contributed by atoms with Gasteiger partial charge in [-0.1, -0.05) is 76.9 Å². The van der Waals surface area contributed by atoms with E-state index >= 15 is 0 Å². The summed E-state index contributed by atoms with van der Waals surface area (Å²) in [5.41, 5.74) is 3.49. The highest BCUT2D eigenvalue weighted by Crippen LogP contribution is 2.42. The zero-order chi connectivity index (χ0) is 27.6. The van der Waals surface area contributed by atoms with Gasteiger partial charge in [0.05, 0.1) is 0 Å². The third-order valence-electron chi connectivity index (χ3n) is 6.72. The number of hydrogen-bond donors (Lipinski definition) is 2. The lowest BCUT2D eigenvalue weighted by atomic mass is 9.67. The van der Waals surface area contributed by atoms with Gasteiger partial charge in [0, 0.05) is 11.6 Å². The normalized spacial score (nSPS) is 19.9. The summed E-state index contributed by atoms with van der Waals surface area (Å²) >= 11 is 0. The average Bonchev–Trinajstić information content (AvgIpc) is 2.83. The van der Waals surface area contributed by atoms with Crippen molar-refractivity contribution in [2.45, 2.75) is 80.1 Å². The topological polar surface area (TPSA) is 74.6 Å². The number of ketones is 2. The summed E-state index contributed by atoms with van der Waals surface area (Å²) < 4.78 is 0. The van der Waals surface area contributed by atoms with Gasteiger partial charge in [-0.15, -0.1) is 0 Å². The first-order chi connectivity index (χ1) is 17.5. The van der Waals surface area contributed by atoms with E-state index in [9.17, 15) is 19.8 Å². The van der Waals surface area contributed by atoms with Crippen molar-refractivity contribution in [2.24, 2.45) is 5.41 Å². The van der Waals surface area contributed by atoms with Crippen LogP contribution in [0.4, 0.5) is 0 Å². The molecule has 0 aliphatic heterocycles. The molecule has 0 unspecified atom stereocenters. The SMILES string of the molecule is CC(C)=CCC/C(C)=C/CC1(C/C=C(\C)CCC=C(C)C)C(=O)C=C(O)/C(=C(/O)c2ccccc2)C1=O. The van der Waals surface area contributed by atoms with E-state index in [4.69, 9.17) is 0 Å². The second kappa shape index (κ2) is 13.8. The van der Waals surface area contributed by atoms with Crippen LogP contribution in [0.2, 0.25) is 0 Å². The molecular weight excluding hydrogens is 460 g/mol. The minimum absolute atomic E-state index is 0.197. The van der Waals surface area contributed by atoms with Crippen molar-refractivity contribution in [3.63, 3.8) is 0 Å². The largest absolute Gasteiger partial charge is 0.507 e. The van der Waals surface area contributed by atoms with Crippen molar-refractivity contribution in [1.82, 2.24) is 0 Å². The maximum atomic E-state index is 14.0. The van der Waals surface area contributed by atoms with E-state index in [1.807, 2.05) is 26.0 Å². The van der Waals surface area contributed by atoms with E-state index in [1.165, 1.54) is 11.1 Å². The first kappa shape index (κ1) is 29.8. The Hall–Kier alpha value is -3.40. The van der Waals surface area contributed by atoms with Crippen LogP contribution in [0.5, 0.6) is 0 Å². The zero-order valence-corrected chi connectivity index (χ0v) is 23.2. The summed E-state index contributed by atoms with van der Waals surface area (Å²) in [6.07, 6.45) is 13.2. The number of allylic oxidation sites excluding steroid dienone is 10. The van der Waals surface area contributed by atoms with E-state index in [-0.39, 0.29) is 24.2 Å². The quantitative estimate of drug-likeness (QED) is 0.137. The third-order valence-corrected chi connectivity index (χ3v) is 6.72. The fourth-order valence-electron chi connectivity index (χ4n) is 4.32. The van der Waals surface area contributed by atoms with Gasteiger partial charge in [0.15, 0.2) is 11.6 Å². The number of hydrogen-bond acceptors (Lipinski definition) is 4. The van der Waals surface area contributed by atoms with Crippen LogP contribution in [0, 0.1) is 5.41 Å². The molecule has 0 radical (unpaired) electrons. The fourth-order valence-corrected chi connectivity index (χ4v) is 4.32. The number of aliphatic hydroxyl groups is 2. The number of carbonyl (C=O) groups is 2. The highest BCUT2D eigenvalue weighted by Gasteiger charge is 2.49. The van der Waals surface area contributed by atoms with Crippen LogP contribution in [0.1, 0.15) is 85.6 Å². The lowest BCUT2D eigenvalue weighted by Crippen LogP contribution is -2.42. The molecule has 198 valence electrons. The van der Waals surface area contributed by atoms with Crippen LogP contribution in [0.15, 0.2) is 94.3 Å². The standard InChI is InChI=1S/C33H42O4/c1-23(2)12-10-14-25(5)18-20-33(21-19-26(6)15-11-13-24(3)4)29(35)22-28(34)30(32(33)37)31(36)27-16-8-7-9-17-27/h7-9,12-13,16-19,22,34,36H,10-11,14-15,20-21H2,1-6H3/b25-18+,26-19+,31-30-. The van der Waals surface area contributed by atoms with Crippen LogP contribution in [0.25, 0.3) is 5.76 Å². The zero-order valence-electron chi connectivity index (χ0n) is 23.2. The Morgan fingerprint density at radius 2 is 1.27 bits per heavy atom. The Labute approximate surface area is 222 Å². The number of rotatable bonds is 11. The monoisotopic (exact) mass is 502 g/mol. The molecule has 0 atom stereocenters. The van der Waals surface area contributed by atoms with Gasteiger partial charge < -0.3 is 10.2 Å². The Morgan fingerprint density at radius 1 is 0.784 bits per heavy atom. The first-order valence-corrected chi connectivity index (χ1v) is 13.0. The summed E-state index contributed by atoms with van der Waals surface area (Å²) in [6.45, 7) is 12.3. The lowest BCUT2D eigenvalue weighted by molar-refractivity contribution is -0.136. The van der Waals surface area contributed by atoms with E-state index in [0.717, 1.165) is 42.9 Å². The van der Waals surface area contributed by atoms with Gasteiger partial charge in [-0.05, 0) is 80.1 Å².